The van der Waals surface area contributed by atoms with Crippen molar-refractivity contribution in [2.45, 2.75) is 31.4 Å². The smallest absolute Gasteiger partial charge is 0.254 e. The van der Waals surface area contributed by atoms with Crippen LogP contribution < -0.4 is 9.47 Å². The molecule has 1 aromatic carbocycles. The number of hydrogen-bond acceptors (Lipinski definition) is 5. The van der Waals surface area contributed by atoms with Gasteiger partial charge in [-0.2, -0.15) is 11.8 Å². The van der Waals surface area contributed by atoms with Gasteiger partial charge in [0.05, 0.1) is 6.10 Å². The molecule has 5 nitrogen and oxygen atoms in total. The van der Waals surface area contributed by atoms with Gasteiger partial charge in [-0.05, 0) is 43.2 Å². The van der Waals surface area contributed by atoms with Crippen LogP contribution in [-0.4, -0.2) is 54.4 Å². The Morgan fingerprint density at radius 3 is 2.96 bits per heavy atom. The van der Waals surface area contributed by atoms with Crippen molar-refractivity contribution in [1.82, 2.24) is 4.90 Å². The summed E-state index contributed by atoms with van der Waals surface area (Å²) in [5.74, 6) is 3.59. The molecule has 3 aliphatic heterocycles. The highest BCUT2D eigenvalue weighted by Gasteiger charge is 2.31. The molecule has 2 fully saturated rings. The molecule has 0 bridgehead atoms. The zero-order valence-electron chi connectivity index (χ0n) is 13.0. The molecule has 0 radical (unpaired) electrons. The molecule has 0 spiro atoms. The lowest BCUT2D eigenvalue weighted by atomic mass is 10.1. The number of benzene rings is 1. The summed E-state index contributed by atoms with van der Waals surface area (Å²) in [7, 11) is 0. The molecule has 2 saturated heterocycles. The maximum atomic E-state index is 13.1. The van der Waals surface area contributed by atoms with Crippen LogP contribution in [0.2, 0.25) is 0 Å². The Bertz CT molecular complexity index is 582. The van der Waals surface area contributed by atoms with E-state index in [9.17, 15) is 4.79 Å². The largest absolute Gasteiger partial charge is 0.454 e. The number of nitrogens with zero attached hydrogens (tertiary/aromatic N) is 1. The first-order valence-electron chi connectivity index (χ1n) is 8.21. The Kier molecular flexibility index (Phi) is 4.35. The number of fused-ring (bicyclic) bond motifs is 1. The highest BCUT2D eigenvalue weighted by atomic mass is 32.2. The van der Waals surface area contributed by atoms with Gasteiger partial charge in [0, 0.05) is 30.5 Å². The van der Waals surface area contributed by atoms with E-state index in [1.807, 2.05) is 28.8 Å². The fourth-order valence-corrected chi connectivity index (χ4v) is 4.59. The van der Waals surface area contributed by atoms with E-state index >= 15 is 0 Å². The average Bonchev–Trinajstić information content (AvgIpc) is 3.33. The minimum Gasteiger partial charge on any atom is -0.454 e. The van der Waals surface area contributed by atoms with E-state index in [4.69, 9.17) is 14.2 Å². The van der Waals surface area contributed by atoms with Gasteiger partial charge in [0.1, 0.15) is 0 Å². The van der Waals surface area contributed by atoms with Crippen molar-refractivity contribution >= 4 is 17.7 Å². The van der Waals surface area contributed by atoms with Crippen molar-refractivity contribution < 1.29 is 19.0 Å². The highest BCUT2D eigenvalue weighted by molar-refractivity contribution is 7.99. The average molecular weight is 335 g/mol. The van der Waals surface area contributed by atoms with Gasteiger partial charge in [0.25, 0.3) is 5.91 Å². The molecule has 3 heterocycles. The van der Waals surface area contributed by atoms with E-state index in [-0.39, 0.29) is 18.8 Å². The number of rotatable bonds is 4. The number of thioether (sulfide) groups is 1. The van der Waals surface area contributed by atoms with E-state index in [1.165, 1.54) is 0 Å². The van der Waals surface area contributed by atoms with Crippen LogP contribution in [0.4, 0.5) is 0 Å². The Morgan fingerprint density at radius 1 is 1.26 bits per heavy atom. The lowest BCUT2D eigenvalue weighted by Gasteiger charge is -2.31. The first-order chi connectivity index (χ1) is 11.3. The molecule has 23 heavy (non-hydrogen) atoms. The first-order valence-corrected chi connectivity index (χ1v) is 9.37. The van der Waals surface area contributed by atoms with Crippen LogP contribution in [0.1, 0.15) is 29.6 Å². The highest BCUT2D eigenvalue weighted by Crippen LogP contribution is 2.33. The van der Waals surface area contributed by atoms with Crippen molar-refractivity contribution in [3.05, 3.63) is 23.8 Å². The molecule has 124 valence electrons. The fourth-order valence-electron chi connectivity index (χ4n) is 3.37. The van der Waals surface area contributed by atoms with E-state index in [1.54, 1.807) is 6.07 Å². The minimum absolute atomic E-state index is 0.0753. The van der Waals surface area contributed by atoms with Gasteiger partial charge in [0.2, 0.25) is 6.79 Å². The predicted molar refractivity (Wildman–Crippen MR) is 88.3 cm³/mol. The number of carbonyl (C=O) groups excluding carboxylic acids is 1. The molecular formula is C17H21NO4S. The summed E-state index contributed by atoms with van der Waals surface area (Å²) in [4.78, 5) is 15.1. The molecule has 0 aliphatic carbocycles. The molecule has 6 heteroatoms. The van der Waals surface area contributed by atoms with Crippen molar-refractivity contribution in [3.8, 4) is 11.5 Å². The molecule has 0 N–H and O–H groups in total. The van der Waals surface area contributed by atoms with Crippen LogP contribution >= 0.6 is 11.8 Å². The lowest BCUT2D eigenvalue weighted by Crippen LogP contribution is -2.44. The number of amides is 1. The van der Waals surface area contributed by atoms with Gasteiger partial charge < -0.3 is 19.1 Å². The van der Waals surface area contributed by atoms with Gasteiger partial charge in [-0.1, -0.05) is 0 Å². The summed E-state index contributed by atoms with van der Waals surface area (Å²) in [5, 5.41) is 0. The molecule has 0 unspecified atom stereocenters. The summed E-state index contributed by atoms with van der Waals surface area (Å²) in [6.07, 6.45) is 3.38. The molecule has 0 saturated carbocycles. The molecular weight excluding hydrogens is 314 g/mol. The Hall–Kier alpha value is -1.40. The van der Waals surface area contributed by atoms with Gasteiger partial charge in [-0.25, -0.2) is 0 Å². The quantitative estimate of drug-likeness (QED) is 0.846. The fraction of sp³-hybridized carbons (Fsp3) is 0.588. The van der Waals surface area contributed by atoms with Crippen molar-refractivity contribution in [2.75, 3.05) is 31.5 Å². The zero-order valence-corrected chi connectivity index (χ0v) is 13.8. The Morgan fingerprint density at radius 2 is 2.17 bits per heavy atom. The summed E-state index contributed by atoms with van der Waals surface area (Å²) < 4.78 is 16.5. The number of hydrogen-bond donors (Lipinski definition) is 0. The Labute approximate surface area is 140 Å². The summed E-state index contributed by atoms with van der Waals surface area (Å²) in [6, 6.07) is 5.76. The van der Waals surface area contributed by atoms with Gasteiger partial charge in [-0.15, -0.1) is 0 Å². The standard InChI is InChI=1S/C17H21NO4S/c19-17(12-3-4-15-16(8-12)22-11-21-15)18(13-5-7-23-10-13)9-14-2-1-6-20-14/h3-4,8,13-14H,1-2,5-7,9-11H2/t13-,14-/m0/s1. The second-order valence-corrected chi connectivity index (χ2v) is 7.33. The van der Waals surface area contributed by atoms with Crippen LogP contribution in [0.15, 0.2) is 18.2 Å². The van der Waals surface area contributed by atoms with E-state index in [0.717, 1.165) is 37.4 Å². The second kappa shape index (κ2) is 6.61. The summed E-state index contributed by atoms with van der Waals surface area (Å²) >= 11 is 1.92. The van der Waals surface area contributed by atoms with E-state index in [0.29, 0.717) is 29.6 Å². The lowest BCUT2D eigenvalue weighted by molar-refractivity contribution is 0.0441. The van der Waals surface area contributed by atoms with Gasteiger partial charge >= 0.3 is 0 Å². The van der Waals surface area contributed by atoms with Gasteiger partial charge in [0.15, 0.2) is 11.5 Å². The van der Waals surface area contributed by atoms with Gasteiger partial charge in [-0.3, -0.25) is 4.79 Å². The van der Waals surface area contributed by atoms with Crippen LogP contribution in [0, 0.1) is 0 Å². The maximum Gasteiger partial charge on any atom is 0.254 e. The van der Waals surface area contributed by atoms with Crippen LogP contribution in [-0.2, 0) is 4.74 Å². The van der Waals surface area contributed by atoms with E-state index in [2.05, 4.69) is 0 Å². The van der Waals surface area contributed by atoms with Crippen LogP contribution in [0.3, 0.4) is 0 Å². The molecule has 1 amide bonds. The van der Waals surface area contributed by atoms with Crippen molar-refractivity contribution in [2.24, 2.45) is 0 Å². The third kappa shape index (κ3) is 3.15. The molecule has 0 aromatic heterocycles. The maximum absolute atomic E-state index is 13.1. The predicted octanol–water partition coefficient (Wildman–Crippen LogP) is 2.54. The van der Waals surface area contributed by atoms with Crippen molar-refractivity contribution in [1.29, 1.82) is 0 Å². The zero-order chi connectivity index (χ0) is 15.6. The number of ether oxygens (including phenoxy) is 3. The molecule has 4 rings (SSSR count). The van der Waals surface area contributed by atoms with Crippen molar-refractivity contribution in [3.63, 3.8) is 0 Å². The Balaban J connectivity index is 1.55. The van der Waals surface area contributed by atoms with Crippen LogP contribution in [0.5, 0.6) is 11.5 Å². The van der Waals surface area contributed by atoms with Crippen LogP contribution in [0.25, 0.3) is 0 Å². The normalized spacial score (nSPS) is 25.7. The topological polar surface area (TPSA) is 48.0 Å². The molecule has 1 aromatic rings. The minimum atomic E-state index is 0.0753. The molecule has 3 aliphatic rings. The number of carbonyl (C=O) groups is 1. The first kappa shape index (κ1) is 15.1. The monoisotopic (exact) mass is 335 g/mol. The second-order valence-electron chi connectivity index (χ2n) is 6.18. The third-order valence-electron chi connectivity index (χ3n) is 4.65. The molecule has 2 atom stereocenters. The summed E-state index contributed by atoms with van der Waals surface area (Å²) in [6.45, 7) is 1.74. The third-order valence-corrected chi connectivity index (χ3v) is 5.80. The van der Waals surface area contributed by atoms with E-state index < -0.39 is 0 Å². The SMILES string of the molecule is O=C(c1ccc2c(c1)OCO2)N(C[C@@H]1CCCO1)[C@H]1CCSC1. The summed E-state index contributed by atoms with van der Waals surface area (Å²) in [5.41, 5.74) is 0.671.